The molecule has 1 aliphatic heterocycles. The van der Waals surface area contributed by atoms with Crippen LogP contribution in [0.15, 0.2) is 24.3 Å². The molecule has 0 aliphatic carbocycles. The second-order valence-corrected chi connectivity index (χ2v) is 5.61. The predicted octanol–water partition coefficient (Wildman–Crippen LogP) is 2.25. The van der Waals surface area contributed by atoms with Crippen molar-refractivity contribution < 1.29 is 9.18 Å². The quantitative estimate of drug-likeness (QED) is 0.875. The summed E-state index contributed by atoms with van der Waals surface area (Å²) in [6.45, 7) is 3.09. The van der Waals surface area contributed by atoms with Crippen molar-refractivity contribution in [3.63, 3.8) is 0 Å². The van der Waals surface area contributed by atoms with E-state index in [1.807, 2.05) is 0 Å². The maximum Gasteiger partial charge on any atom is 0.255 e. The molecule has 4 nitrogen and oxygen atoms in total. The molecule has 1 aliphatic rings. The number of hydrogen-bond donors (Lipinski definition) is 1. The fourth-order valence-corrected chi connectivity index (χ4v) is 2.82. The standard InChI is InChI=1S/C16H18FN3O/c1-10-14(16(21)20-6-2-3-13(18)9-20)7-11-4-5-12(17)8-15(11)19-10/h4-5,7-8,13H,2-3,6,9,18H2,1H3. The molecule has 0 spiro atoms. The molecular formula is C16H18FN3O. The molecular weight excluding hydrogens is 269 g/mol. The molecule has 21 heavy (non-hydrogen) atoms. The van der Waals surface area contributed by atoms with Crippen LogP contribution in [0.2, 0.25) is 0 Å². The van der Waals surface area contributed by atoms with Crippen molar-refractivity contribution in [3.8, 4) is 0 Å². The Morgan fingerprint density at radius 3 is 3.00 bits per heavy atom. The van der Waals surface area contributed by atoms with Gasteiger partial charge in [0.15, 0.2) is 0 Å². The number of amides is 1. The van der Waals surface area contributed by atoms with E-state index in [4.69, 9.17) is 5.73 Å². The number of likely N-dealkylation sites (tertiary alicyclic amines) is 1. The highest BCUT2D eigenvalue weighted by atomic mass is 19.1. The van der Waals surface area contributed by atoms with Gasteiger partial charge in [0.05, 0.1) is 16.8 Å². The SMILES string of the molecule is Cc1nc2cc(F)ccc2cc1C(=O)N1CCCC(N)C1. The Labute approximate surface area is 122 Å². The summed E-state index contributed by atoms with van der Waals surface area (Å²) >= 11 is 0. The molecule has 0 radical (unpaired) electrons. The highest BCUT2D eigenvalue weighted by Gasteiger charge is 2.24. The van der Waals surface area contributed by atoms with Gasteiger partial charge in [0.25, 0.3) is 5.91 Å². The van der Waals surface area contributed by atoms with Crippen LogP contribution in [-0.4, -0.2) is 34.9 Å². The van der Waals surface area contributed by atoms with Crippen LogP contribution < -0.4 is 5.73 Å². The van der Waals surface area contributed by atoms with Crippen molar-refractivity contribution in [3.05, 3.63) is 41.3 Å². The van der Waals surface area contributed by atoms with Gasteiger partial charge in [-0.3, -0.25) is 9.78 Å². The summed E-state index contributed by atoms with van der Waals surface area (Å²) < 4.78 is 13.2. The molecule has 5 heteroatoms. The smallest absolute Gasteiger partial charge is 0.255 e. The van der Waals surface area contributed by atoms with E-state index in [2.05, 4.69) is 4.98 Å². The van der Waals surface area contributed by atoms with Crippen molar-refractivity contribution in [1.29, 1.82) is 0 Å². The Morgan fingerprint density at radius 1 is 1.43 bits per heavy atom. The molecule has 1 saturated heterocycles. The second-order valence-electron chi connectivity index (χ2n) is 5.61. The monoisotopic (exact) mass is 287 g/mol. The number of carbonyl (C=O) groups is 1. The number of pyridine rings is 1. The van der Waals surface area contributed by atoms with Crippen molar-refractivity contribution in [2.75, 3.05) is 13.1 Å². The highest BCUT2D eigenvalue weighted by Crippen LogP contribution is 2.20. The van der Waals surface area contributed by atoms with Crippen LogP contribution in [0.25, 0.3) is 10.9 Å². The summed E-state index contributed by atoms with van der Waals surface area (Å²) in [4.78, 5) is 18.8. The van der Waals surface area contributed by atoms with E-state index >= 15 is 0 Å². The molecule has 2 aromatic rings. The summed E-state index contributed by atoms with van der Waals surface area (Å²) in [7, 11) is 0. The molecule has 1 fully saturated rings. The van der Waals surface area contributed by atoms with E-state index in [-0.39, 0.29) is 17.8 Å². The van der Waals surface area contributed by atoms with Crippen LogP contribution >= 0.6 is 0 Å². The van der Waals surface area contributed by atoms with Gasteiger partial charge in [0.1, 0.15) is 5.82 Å². The summed E-state index contributed by atoms with van der Waals surface area (Å²) in [5.74, 6) is -0.364. The Hall–Kier alpha value is -2.01. The minimum atomic E-state index is -0.324. The van der Waals surface area contributed by atoms with Gasteiger partial charge >= 0.3 is 0 Å². The van der Waals surface area contributed by atoms with Crippen molar-refractivity contribution in [2.24, 2.45) is 5.73 Å². The number of nitrogens with two attached hydrogens (primary N) is 1. The first-order valence-electron chi connectivity index (χ1n) is 7.16. The van der Waals surface area contributed by atoms with Crippen LogP contribution in [0.5, 0.6) is 0 Å². The first-order chi connectivity index (χ1) is 10.0. The minimum Gasteiger partial charge on any atom is -0.337 e. The average Bonchev–Trinajstić information content (AvgIpc) is 2.45. The summed E-state index contributed by atoms with van der Waals surface area (Å²) in [6.07, 6.45) is 1.89. The van der Waals surface area contributed by atoms with Gasteiger partial charge in [-0.25, -0.2) is 4.39 Å². The second kappa shape index (κ2) is 5.41. The zero-order valence-corrected chi connectivity index (χ0v) is 12.0. The Kier molecular flexibility index (Phi) is 3.59. The molecule has 1 aromatic heterocycles. The molecule has 1 unspecified atom stereocenters. The predicted molar refractivity (Wildman–Crippen MR) is 79.6 cm³/mol. The lowest BCUT2D eigenvalue weighted by Crippen LogP contribution is -2.45. The van der Waals surface area contributed by atoms with Gasteiger partial charge in [-0.1, -0.05) is 0 Å². The van der Waals surface area contributed by atoms with Crippen LogP contribution in [0.3, 0.4) is 0 Å². The van der Waals surface area contributed by atoms with E-state index in [9.17, 15) is 9.18 Å². The highest BCUT2D eigenvalue weighted by molar-refractivity contribution is 5.98. The third-order valence-electron chi connectivity index (χ3n) is 3.95. The molecule has 2 heterocycles. The van der Waals surface area contributed by atoms with Crippen molar-refractivity contribution >= 4 is 16.8 Å². The van der Waals surface area contributed by atoms with Crippen LogP contribution in [0.4, 0.5) is 4.39 Å². The fourth-order valence-electron chi connectivity index (χ4n) is 2.82. The summed E-state index contributed by atoms with van der Waals surface area (Å²) in [5, 5.41) is 0.770. The Balaban J connectivity index is 1.97. The maximum atomic E-state index is 13.2. The number of piperidine rings is 1. The topological polar surface area (TPSA) is 59.2 Å². The Morgan fingerprint density at radius 2 is 2.24 bits per heavy atom. The zero-order valence-electron chi connectivity index (χ0n) is 12.0. The molecule has 110 valence electrons. The lowest BCUT2D eigenvalue weighted by Gasteiger charge is -2.31. The molecule has 1 atom stereocenters. The number of aromatic nitrogens is 1. The minimum absolute atomic E-state index is 0.0404. The number of nitrogens with zero attached hydrogens (tertiary/aromatic N) is 2. The first kappa shape index (κ1) is 13.9. The molecule has 0 bridgehead atoms. The number of aryl methyl sites for hydroxylation is 1. The third-order valence-corrected chi connectivity index (χ3v) is 3.95. The summed E-state index contributed by atoms with van der Waals surface area (Å²) in [6, 6.07) is 6.25. The number of rotatable bonds is 1. The maximum absolute atomic E-state index is 13.2. The van der Waals surface area contributed by atoms with Crippen LogP contribution in [0.1, 0.15) is 28.9 Å². The van der Waals surface area contributed by atoms with E-state index < -0.39 is 0 Å². The van der Waals surface area contributed by atoms with Gasteiger partial charge in [0.2, 0.25) is 0 Å². The van der Waals surface area contributed by atoms with Crippen molar-refractivity contribution in [1.82, 2.24) is 9.88 Å². The number of benzene rings is 1. The van der Waals surface area contributed by atoms with E-state index in [0.29, 0.717) is 23.3 Å². The number of fused-ring (bicyclic) bond motifs is 1. The largest absolute Gasteiger partial charge is 0.337 e. The normalized spacial score (nSPS) is 19.0. The number of halogens is 1. The molecule has 0 saturated carbocycles. The lowest BCUT2D eigenvalue weighted by molar-refractivity contribution is 0.0708. The van der Waals surface area contributed by atoms with Gasteiger partial charge in [-0.2, -0.15) is 0 Å². The average molecular weight is 287 g/mol. The molecule has 1 amide bonds. The number of carbonyl (C=O) groups excluding carboxylic acids is 1. The molecule has 3 rings (SSSR count). The van der Waals surface area contributed by atoms with Crippen molar-refractivity contribution in [2.45, 2.75) is 25.8 Å². The number of hydrogen-bond acceptors (Lipinski definition) is 3. The summed E-state index contributed by atoms with van der Waals surface area (Å²) in [5.41, 5.74) is 7.70. The van der Waals surface area contributed by atoms with E-state index in [0.717, 1.165) is 24.8 Å². The van der Waals surface area contributed by atoms with Crippen LogP contribution in [-0.2, 0) is 0 Å². The third kappa shape index (κ3) is 2.74. The van der Waals surface area contributed by atoms with Gasteiger partial charge < -0.3 is 10.6 Å². The Bertz CT molecular complexity index is 701. The first-order valence-corrected chi connectivity index (χ1v) is 7.16. The van der Waals surface area contributed by atoms with Crippen LogP contribution in [0, 0.1) is 12.7 Å². The zero-order chi connectivity index (χ0) is 15.0. The van der Waals surface area contributed by atoms with Gasteiger partial charge in [-0.05, 0) is 38.0 Å². The lowest BCUT2D eigenvalue weighted by atomic mass is 10.0. The fraction of sp³-hybridized carbons (Fsp3) is 0.375. The molecule has 1 aromatic carbocycles. The van der Waals surface area contributed by atoms with Gasteiger partial charge in [0, 0.05) is 30.6 Å². The molecule has 2 N–H and O–H groups in total. The van der Waals surface area contributed by atoms with Gasteiger partial charge in [-0.15, -0.1) is 0 Å². The van der Waals surface area contributed by atoms with E-state index in [1.54, 1.807) is 24.0 Å². The van der Waals surface area contributed by atoms with E-state index in [1.165, 1.54) is 12.1 Å².